The summed E-state index contributed by atoms with van der Waals surface area (Å²) in [7, 11) is 0. The summed E-state index contributed by atoms with van der Waals surface area (Å²) < 4.78 is 15.3. The van der Waals surface area contributed by atoms with Crippen molar-refractivity contribution >= 4 is 0 Å². The molecule has 0 unspecified atom stereocenters. The molecule has 102 valence electrons. The highest BCUT2D eigenvalue weighted by molar-refractivity contribution is 5.63. The molecule has 0 saturated carbocycles. The minimum absolute atomic E-state index is 0.300. The molecule has 0 fully saturated rings. The van der Waals surface area contributed by atoms with Crippen molar-refractivity contribution in [1.29, 1.82) is 5.26 Å². The van der Waals surface area contributed by atoms with Crippen molar-refractivity contribution in [2.24, 2.45) is 0 Å². The number of hydrogen-bond donors (Lipinski definition) is 0. The Balaban J connectivity index is 2.05. The molecule has 2 heterocycles. The van der Waals surface area contributed by atoms with Crippen LogP contribution in [0.3, 0.4) is 0 Å². The maximum Gasteiger partial charge on any atom is 0.126 e. The maximum atomic E-state index is 13.5. The highest BCUT2D eigenvalue weighted by atomic mass is 19.1. The van der Waals surface area contributed by atoms with Crippen molar-refractivity contribution in [3.63, 3.8) is 0 Å². The molecule has 21 heavy (non-hydrogen) atoms. The summed E-state index contributed by atoms with van der Waals surface area (Å²) in [4.78, 5) is 4.37. The van der Waals surface area contributed by atoms with Gasteiger partial charge in [0.25, 0.3) is 0 Å². The number of aryl methyl sites for hydroxylation is 1. The van der Waals surface area contributed by atoms with Gasteiger partial charge in [0.05, 0.1) is 17.3 Å². The van der Waals surface area contributed by atoms with E-state index in [-0.39, 0.29) is 0 Å². The Bertz CT molecular complexity index is 843. The predicted molar refractivity (Wildman–Crippen MR) is 78.4 cm³/mol. The van der Waals surface area contributed by atoms with Crippen LogP contribution in [0.1, 0.15) is 11.1 Å². The topological polar surface area (TPSA) is 41.6 Å². The van der Waals surface area contributed by atoms with Gasteiger partial charge in [-0.2, -0.15) is 5.26 Å². The number of rotatable bonds is 2. The van der Waals surface area contributed by atoms with E-state index in [0.29, 0.717) is 11.3 Å². The van der Waals surface area contributed by atoms with Crippen molar-refractivity contribution in [2.45, 2.75) is 6.92 Å². The van der Waals surface area contributed by atoms with Gasteiger partial charge in [-0.25, -0.2) is 4.39 Å². The van der Waals surface area contributed by atoms with E-state index < -0.39 is 5.82 Å². The third-order valence-corrected chi connectivity index (χ3v) is 3.29. The summed E-state index contributed by atoms with van der Waals surface area (Å²) in [5.41, 5.74) is 3.84. The first-order valence-corrected chi connectivity index (χ1v) is 6.48. The van der Waals surface area contributed by atoms with Crippen LogP contribution in [0.4, 0.5) is 4.39 Å². The number of nitriles is 1. The molecular formula is C17H12FN3. The Morgan fingerprint density at radius 1 is 1.24 bits per heavy atom. The average Bonchev–Trinajstić information content (AvgIpc) is 2.96. The fourth-order valence-corrected chi connectivity index (χ4v) is 2.27. The second kappa shape index (κ2) is 5.22. The van der Waals surface area contributed by atoms with Gasteiger partial charge in [0.2, 0.25) is 0 Å². The zero-order valence-electron chi connectivity index (χ0n) is 11.4. The number of benzene rings is 1. The molecule has 1 aromatic carbocycles. The maximum absolute atomic E-state index is 13.5. The molecule has 4 heteroatoms. The lowest BCUT2D eigenvalue weighted by molar-refractivity contribution is 0.626. The summed E-state index contributed by atoms with van der Waals surface area (Å²) in [5, 5.41) is 8.92. The highest BCUT2D eigenvalue weighted by Gasteiger charge is 2.07. The van der Waals surface area contributed by atoms with Crippen molar-refractivity contribution in [3.05, 3.63) is 71.9 Å². The summed E-state index contributed by atoms with van der Waals surface area (Å²) >= 11 is 0. The van der Waals surface area contributed by atoms with Gasteiger partial charge in [0, 0.05) is 29.8 Å². The van der Waals surface area contributed by atoms with Crippen LogP contribution in [0, 0.1) is 24.1 Å². The molecule has 0 atom stereocenters. The molecule has 2 aromatic heterocycles. The largest absolute Gasteiger partial charge is 0.323 e. The normalized spacial score (nSPS) is 10.3. The SMILES string of the molecule is Cc1cccnc1-c1ccn(-c2cc(F)cc(C#N)c2)c1. The summed E-state index contributed by atoms with van der Waals surface area (Å²) in [6.45, 7) is 2.00. The molecule has 3 nitrogen and oxygen atoms in total. The van der Waals surface area contributed by atoms with Crippen LogP contribution in [0.25, 0.3) is 16.9 Å². The van der Waals surface area contributed by atoms with E-state index in [0.717, 1.165) is 16.8 Å². The first kappa shape index (κ1) is 13.1. The minimum atomic E-state index is -0.423. The Hall–Kier alpha value is -2.93. The fraction of sp³-hybridized carbons (Fsp3) is 0.0588. The average molecular weight is 277 g/mol. The van der Waals surface area contributed by atoms with Gasteiger partial charge in [0.15, 0.2) is 0 Å². The first-order valence-electron chi connectivity index (χ1n) is 6.48. The van der Waals surface area contributed by atoms with Gasteiger partial charge in [-0.05, 0) is 42.8 Å². The number of halogens is 1. The molecule has 0 radical (unpaired) electrons. The summed E-state index contributed by atoms with van der Waals surface area (Å²) in [6.07, 6.45) is 5.46. The van der Waals surface area contributed by atoms with E-state index in [1.54, 1.807) is 16.8 Å². The number of pyridine rings is 1. The van der Waals surface area contributed by atoms with Crippen molar-refractivity contribution in [1.82, 2.24) is 9.55 Å². The second-order valence-electron chi connectivity index (χ2n) is 4.79. The molecule has 0 amide bonds. The molecule has 0 spiro atoms. The molecule has 0 N–H and O–H groups in total. The lowest BCUT2D eigenvalue weighted by Gasteiger charge is -2.04. The van der Waals surface area contributed by atoms with E-state index in [9.17, 15) is 4.39 Å². The van der Waals surface area contributed by atoms with Gasteiger partial charge >= 0.3 is 0 Å². The summed E-state index contributed by atoms with van der Waals surface area (Å²) in [5.74, 6) is -0.423. The molecule has 0 saturated heterocycles. The lowest BCUT2D eigenvalue weighted by atomic mass is 10.1. The van der Waals surface area contributed by atoms with Crippen molar-refractivity contribution in [2.75, 3.05) is 0 Å². The van der Waals surface area contributed by atoms with Gasteiger partial charge in [0.1, 0.15) is 5.82 Å². The number of hydrogen-bond acceptors (Lipinski definition) is 2. The Kier molecular flexibility index (Phi) is 3.25. The zero-order valence-corrected chi connectivity index (χ0v) is 11.4. The van der Waals surface area contributed by atoms with Crippen LogP contribution in [0.5, 0.6) is 0 Å². The highest BCUT2D eigenvalue weighted by Crippen LogP contribution is 2.23. The van der Waals surface area contributed by atoms with Crippen LogP contribution in [-0.2, 0) is 0 Å². The van der Waals surface area contributed by atoms with Crippen LogP contribution < -0.4 is 0 Å². The second-order valence-corrected chi connectivity index (χ2v) is 4.79. The van der Waals surface area contributed by atoms with Gasteiger partial charge < -0.3 is 4.57 Å². The number of nitrogens with zero attached hydrogens (tertiary/aromatic N) is 3. The smallest absolute Gasteiger partial charge is 0.126 e. The van der Waals surface area contributed by atoms with E-state index in [1.165, 1.54) is 12.1 Å². The Morgan fingerprint density at radius 3 is 2.86 bits per heavy atom. The van der Waals surface area contributed by atoms with Crippen molar-refractivity contribution in [3.8, 4) is 23.0 Å². The lowest BCUT2D eigenvalue weighted by Crippen LogP contribution is -1.93. The minimum Gasteiger partial charge on any atom is -0.323 e. The van der Waals surface area contributed by atoms with E-state index >= 15 is 0 Å². The molecule has 0 aliphatic heterocycles. The van der Waals surface area contributed by atoms with E-state index in [1.807, 2.05) is 43.6 Å². The van der Waals surface area contributed by atoms with Crippen molar-refractivity contribution < 1.29 is 4.39 Å². The third kappa shape index (κ3) is 2.54. The zero-order chi connectivity index (χ0) is 14.8. The quantitative estimate of drug-likeness (QED) is 0.713. The van der Waals surface area contributed by atoms with Crippen LogP contribution in [0.15, 0.2) is 55.0 Å². The molecule has 0 aliphatic carbocycles. The molecular weight excluding hydrogens is 265 g/mol. The standard InChI is InChI=1S/C17H12FN3/c1-12-3-2-5-20-17(12)14-4-6-21(11-14)16-8-13(10-19)7-15(18)9-16/h2-9,11H,1H3. The third-order valence-electron chi connectivity index (χ3n) is 3.29. The molecule has 3 aromatic rings. The first-order chi connectivity index (χ1) is 10.2. The van der Waals surface area contributed by atoms with E-state index in [2.05, 4.69) is 4.98 Å². The van der Waals surface area contributed by atoms with Gasteiger partial charge in [-0.15, -0.1) is 0 Å². The Labute approximate surface area is 121 Å². The summed E-state index contributed by atoms with van der Waals surface area (Å²) in [6, 6.07) is 12.0. The number of aromatic nitrogens is 2. The van der Waals surface area contributed by atoms with Gasteiger partial charge in [-0.3, -0.25) is 4.98 Å². The van der Waals surface area contributed by atoms with Gasteiger partial charge in [-0.1, -0.05) is 6.07 Å². The van der Waals surface area contributed by atoms with Crippen LogP contribution >= 0.6 is 0 Å². The van der Waals surface area contributed by atoms with E-state index in [4.69, 9.17) is 5.26 Å². The van der Waals surface area contributed by atoms with Crippen LogP contribution in [0.2, 0.25) is 0 Å². The predicted octanol–water partition coefficient (Wildman–Crippen LogP) is 3.86. The molecule has 0 aliphatic rings. The molecule has 0 bridgehead atoms. The fourth-order valence-electron chi connectivity index (χ4n) is 2.27. The molecule has 3 rings (SSSR count). The van der Waals surface area contributed by atoms with Crippen LogP contribution in [-0.4, -0.2) is 9.55 Å². The Morgan fingerprint density at radius 2 is 2.10 bits per heavy atom. The monoisotopic (exact) mass is 277 g/mol.